The van der Waals surface area contributed by atoms with E-state index in [-0.39, 0.29) is 5.41 Å². The number of nitrogens with zero attached hydrogens (tertiary/aromatic N) is 1. The first-order chi connectivity index (χ1) is 22.6. The van der Waals surface area contributed by atoms with Crippen molar-refractivity contribution in [2.45, 2.75) is 19.3 Å². The Morgan fingerprint density at radius 2 is 0.783 bits per heavy atom. The minimum Gasteiger partial charge on any atom is -0.310 e. The molecule has 1 nitrogen and oxygen atoms in total. The third kappa shape index (κ3) is 4.91. The van der Waals surface area contributed by atoms with Gasteiger partial charge in [-0.15, -0.1) is 0 Å². The summed E-state index contributed by atoms with van der Waals surface area (Å²) in [5.41, 5.74) is 16.1. The second kappa shape index (κ2) is 11.4. The third-order valence-corrected chi connectivity index (χ3v) is 9.49. The molecule has 1 heteroatoms. The molecule has 0 radical (unpaired) electrons. The molecule has 0 spiro atoms. The Hall–Kier alpha value is -5.66. The quantitative estimate of drug-likeness (QED) is 0.186. The Bertz CT molecular complexity index is 2140. The van der Waals surface area contributed by atoms with E-state index in [4.69, 9.17) is 0 Å². The molecule has 0 N–H and O–H groups in total. The van der Waals surface area contributed by atoms with Gasteiger partial charge in [-0.3, -0.25) is 0 Å². The lowest BCUT2D eigenvalue weighted by Gasteiger charge is -2.28. The van der Waals surface area contributed by atoms with Crippen LogP contribution in [-0.2, 0) is 5.41 Å². The van der Waals surface area contributed by atoms with Crippen LogP contribution in [0.15, 0.2) is 176 Å². The highest BCUT2D eigenvalue weighted by Crippen LogP contribution is 2.50. The molecule has 46 heavy (non-hydrogen) atoms. The standard InChI is InChI=1S/C45H35N/c1-45(2)43-19-10-9-18-41(43)42-29-28-40(31-44(42)45)46(39-17-11-16-37(30-39)33-14-7-4-8-15-33)38-26-24-36(25-27-38)35-22-20-34(21-23-35)32-12-5-3-6-13-32/h3-31H,1-2H3. The summed E-state index contributed by atoms with van der Waals surface area (Å²) in [6.45, 7) is 4.69. The van der Waals surface area contributed by atoms with Crippen molar-refractivity contribution in [3.05, 3.63) is 187 Å². The highest BCUT2D eigenvalue weighted by atomic mass is 15.1. The lowest BCUT2D eigenvalue weighted by Crippen LogP contribution is -2.16. The average Bonchev–Trinajstić information content (AvgIpc) is 3.35. The summed E-state index contributed by atoms with van der Waals surface area (Å²) < 4.78 is 0. The fourth-order valence-corrected chi connectivity index (χ4v) is 7.02. The zero-order chi connectivity index (χ0) is 31.1. The van der Waals surface area contributed by atoms with Crippen LogP contribution in [0.1, 0.15) is 25.0 Å². The van der Waals surface area contributed by atoms with E-state index in [1.807, 2.05) is 0 Å². The van der Waals surface area contributed by atoms with Gasteiger partial charge in [0.25, 0.3) is 0 Å². The molecule has 0 heterocycles. The van der Waals surface area contributed by atoms with Crippen molar-refractivity contribution >= 4 is 17.1 Å². The molecule has 220 valence electrons. The smallest absolute Gasteiger partial charge is 0.0467 e. The van der Waals surface area contributed by atoms with E-state index >= 15 is 0 Å². The Morgan fingerprint density at radius 3 is 1.43 bits per heavy atom. The fraction of sp³-hybridized carbons (Fsp3) is 0.0667. The van der Waals surface area contributed by atoms with Crippen LogP contribution in [0.25, 0.3) is 44.5 Å². The number of hydrogen-bond acceptors (Lipinski definition) is 1. The summed E-state index contributed by atoms with van der Waals surface area (Å²) in [5, 5.41) is 0. The molecule has 0 fully saturated rings. The molecule has 1 aliphatic rings. The molecule has 0 atom stereocenters. The minimum atomic E-state index is -0.0741. The zero-order valence-corrected chi connectivity index (χ0v) is 26.2. The molecular weight excluding hydrogens is 555 g/mol. The van der Waals surface area contributed by atoms with Gasteiger partial charge < -0.3 is 4.90 Å². The molecule has 8 rings (SSSR count). The maximum atomic E-state index is 2.40. The van der Waals surface area contributed by atoms with Gasteiger partial charge in [0, 0.05) is 22.5 Å². The summed E-state index contributed by atoms with van der Waals surface area (Å²) in [5.74, 6) is 0. The highest BCUT2D eigenvalue weighted by molar-refractivity contribution is 5.87. The first-order valence-corrected chi connectivity index (χ1v) is 16.0. The summed E-state index contributed by atoms with van der Waals surface area (Å²) >= 11 is 0. The summed E-state index contributed by atoms with van der Waals surface area (Å²) in [7, 11) is 0. The van der Waals surface area contributed by atoms with Crippen LogP contribution in [-0.4, -0.2) is 0 Å². The Kier molecular flexibility index (Phi) is 6.88. The maximum Gasteiger partial charge on any atom is 0.0467 e. The Balaban J connectivity index is 1.21. The van der Waals surface area contributed by atoms with Crippen LogP contribution in [0.4, 0.5) is 17.1 Å². The molecule has 7 aromatic carbocycles. The van der Waals surface area contributed by atoms with Crippen molar-refractivity contribution in [2.75, 3.05) is 4.90 Å². The molecule has 0 amide bonds. The van der Waals surface area contributed by atoms with Gasteiger partial charge in [0.2, 0.25) is 0 Å². The van der Waals surface area contributed by atoms with Crippen molar-refractivity contribution in [1.29, 1.82) is 0 Å². The van der Waals surface area contributed by atoms with E-state index in [1.54, 1.807) is 0 Å². The van der Waals surface area contributed by atoms with E-state index in [1.165, 1.54) is 55.6 Å². The molecular formula is C45H35N. The van der Waals surface area contributed by atoms with Gasteiger partial charge in [0.1, 0.15) is 0 Å². The zero-order valence-electron chi connectivity index (χ0n) is 26.2. The van der Waals surface area contributed by atoms with Gasteiger partial charge in [0.15, 0.2) is 0 Å². The third-order valence-electron chi connectivity index (χ3n) is 9.49. The van der Waals surface area contributed by atoms with E-state index in [2.05, 4.69) is 195 Å². The second-order valence-corrected chi connectivity index (χ2v) is 12.6. The van der Waals surface area contributed by atoms with E-state index in [0.29, 0.717) is 0 Å². The van der Waals surface area contributed by atoms with E-state index < -0.39 is 0 Å². The lowest BCUT2D eigenvalue weighted by molar-refractivity contribution is 0.660. The predicted octanol–water partition coefficient (Wildman–Crippen LogP) is 12.5. The van der Waals surface area contributed by atoms with Crippen LogP contribution in [0.5, 0.6) is 0 Å². The van der Waals surface area contributed by atoms with Gasteiger partial charge in [0.05, 0.1) is 0 Å². The molecule has 0 saturated heterocycles. The highest BCUT2D eigenvalue weighted by Gasteiger charge is 2.35. The number of fused-ring (bicyclic) bond motifs is 3. The molecule has 0 aliphatic heterocycles. The molecule has 0 unspecified atom stereocenters. The predicted molar refractivity (Wildman–Crippen MR) is 195 cm³/mol. The van der Waals surface area contributed by atoms with Gasteiger partial charge in [-0.2, -0.15) is 0 Å². The number of hydrogen-bond donors (Lipinski definition) is 0. The lowest BCUT2D eigenvalue weighted by atomic mass is 9.82. The topological polar surface area (TPSA) is 3.24 Å². The summed E-state index contributed by atoms with van der Waals surface area (Å²) in [6, 6.07) is 63.8. The van der Waals surface area contributed by atoms with Gasteiger partial charge in [-0.1, -0.05) is 153 Å². The van der Waals surface area contributed by atoms with Gasteiger partial charge >= 0.3 is 0 Å². The molecule has 0 aromatic heterocycles. The van der Waals surface area contributed by atoms with Crippen LogP contribution in [0, 0.1) is 0 Å². The second-order valence-electron chi connectivity index (χ2n) is 12.6. The van der Waals surface area contributed by atoms with Crippen molar-refractivity contribution in [3.63, 3.8) is 0 Å². The largest absolute Gasteiger partial charge is 0.310 e. The number of rotatable bonds is 6. The summed E-state index contributed by atoms with van der Waals surface area (Å²) in [4.78, 5) is 2.40. The monoisotopic (exact) mass is 589 g/mol. The van der Waals surface area contributed by atoms with Crippen molar-refractivity contribution < 1.29 is 0 Å². The molecule has 0 bridgehead atoms. The van der Waals surface area contributed by atoms with Crippen LogP contribution >= 0.6 is 0 Å². The SMILES string of the molecule is CC1(C)c2ccccc2-c2ccc(N(c3ccc(-c4ccc(-c5ccccc5)cc4)cc3)c3cccc(-c4ccccc4)c3)cc21. The van der Waals surface area contributed by atoms with Crippen LogP contribution in [0.2, 0.25) is 0 Å². The first kappa shape index (κ1) is 27.9. The van der Waals surface area contributed by atoms with Gasteiger partial charge in [-0.05, 0) is 92.0 Å². The van der Waals surface area contributed by atoms with E-state index in [9.17, 15) is 0 Å². The average molecular weight is 590 g/mol. The number of benzene rings is 7. The molecule has 7 aromatic rings. The molecule has 1 aliphatic carbocycles. The maximum absolute atomic E-state index is 2.40. The minimum absolute atomic E-state index is 0.0741. The Labute approximate surface area is 272 Å². The van der Waals surface area contributed by atoms with E-state index in [0.717, 1.165) is 17.1 Å². The van der Waals surface area contributed by atoms with Crippen LogP contribution < -0.4 is 4.90 Å². The van der Waals surface area contributed by atoms with Crippen molar-refractivity contribution in [1.82, 2.24) is 0 Å². The summed E-state index contributed by atoms with van der Waals surface area (Å²) in [6.07, 6.45) is 0. The number of anilines is 3. The Morgan fingerprint density at radius 1 is 0.326 bits per heavy atom. The molecule has 0 saturated carbocycles. The normalized spacial score (nSPS) is 12.7. The van der Waals surface area contributed by atoms with Crippen molar-refractivity contribution in [2.24, 2.45) is 0 Å². The van der Waals surface area contributed by atoms with Crippen molar-refractivity contribution in [3.8, 4) is 44.5 Å². The van der Waals surface area contributed by atoms with Gasteiger partial charge in [-0.25, -0.2) is 0 Å². The van der Waals surface area contributed by atoms with Crippen LogP contribution in [0.3, 0.4) is 0 Å². The fourth-order valence-electron chi connectivity index (χ4n) is 7.02. The first-order valence-electron chi connectivity index (χ1n) is 16.0.